The molecular weight excluding hydrogens is 288 g/mol. The third-order valence-electron chi connectivity index (χ3n) is 8.49. The van der Waals surface area contributed by atoms with Crippen molar-refractivity contribution in [2.24, 2.45) is 32.5 Å². The van der Waals surface area contributed by atoms with Crippen LogP contribution >= 0.6 is 0 Å². The van der Waals surface area contributed by atoms with Crippen LogP contribution in [0.15, 0.2) is 75.9 Å². The highest BCUT2D eigenvalue weighted by atomic mass is 14.8. The predicted molar refractivity (Wildman–Crippen MR) is 110 cm³/mol. The molecule has 0 aromatic carbocycles. The Kier molecular flexibility index (Phi) is 4.67. The zero-order valence-electron chi connectivity index (χ0n) is 16.7. The highest BCUT2D eigenvalue weighted by Crippen LogP contribution is 2.80. The van der Waals surface area contributed by atoms with Crippen molar-refractivity contribution in [2.75, 3.05) is 0 Å². The summed E-state index contributed by atoms with van der Waals surface area (Å²) in [7, 11) is 0. The van der Waals surface area contributed by atoms with Crippen molar-refractivity contribution in [3.8, 4) is 0 Å². The first-order valence-electron chi connectivity index (χ1n) is 8.68. The van der Waals surface area contributed by atoms with Gasteiger partial charge in [-0.25, -0.2) is 0 Å². The lowest BCUT2D eigenvalue weighted by atomic mass is 9.26. The van der Waals surface area contributed by atoms with E-state index in [1.165, 1.54) is 0 Å². The van der Waals surface area contributed by atoms with Gasteiger partial charge < -0.3 is 0 Å². The van der Waals surface area contributed by atoms with E-state index in [1.54, 1.807) is 0 Å². The van der Waals surface area contributed by atoms with E-state index < -0.39 is 16.2 Å². The lowest BCUT2D eigenvalue weighted by Gasteiger charge is -2.76. The van der Waals surface area contributed by atoms with Gasteiger partial charge in [0.05, 0.1) is 0 Å². The maximum Gasteiger partial charge on any atom is 0.0318 e. The summed E-state index contributed by atoms with van der Waals surface area (Å²) in [6.45, 7) is 39.2. The molecule has 0 nitrogen and oxygen atoms in total. The Morgan fingerprint density at radius 1 is 0.375 bits per heavy atom. The second-order valence-electron chi connectivity index (χ2n) is 8.71. The largest absolute Gasteiger partial charge is 0.102 e. The molecule has 0 aromatic rings. The first kappa shape index (κ1) is 20.5. The first-order chi connectivity index (χ1) is 10.9. The van der Waals surface area contributed by atoms with Crippen molar-refractivity contribution >= 4 is 0 Å². The maximum atomic E-state index is 4.23. The van der Waals surface area contributed by atoms with Gasteiger partial charge in [0.15, 0.2) is 0 Å². The van der Waals surface area contributed by atoms with Gasteiger partial charge in [0.2, 0.25) is 0 Å². The Morgan fingerprint density at radius 3 is 0.750 bits per heavy atom. The lowest BCUT2D eigenvalue weighted by molar-refractivity contribution is -0.218. The van der Waals surface area contributed by atoms with Crippen LogP contribution in [0.3, 0.4) is 0 Å². The molecule has 24 heavy (non-hydrogen) atoms. The molecule has 1 aliphatic rings. The van der Waals surface area contributed by atoms with Crippen LogP contribution in [-0.4, -0.2) is 0 Å². The van der Waals surface area contributed by atoms with Gasteiger partial charge >= 0.3 is 0 Å². The summed E-state index contributed by atoms with van der Waals surface area (Å²) in [5.41, 5.74) is -1.85. The van der Waals surface area contributed by atoms with E-state index in [4.69, 9.17) is 0 Å². The zero-order valence-corrected chi connectivity index (χ0v) is 16.7. The molecule has 0 aliphatic heterocycles. The summed E-state index contributed by atoms with van der Waals surface area (Å²) in [5.74, 6) is 0. The fourth-order valence-electron chi connectivity index (χ4n) is 5.81. The molecule has 0 saturated heterocycles. The Hall–Kier alpha value is -1.56. The first-order valence-corrected chi connectivity index (χ1v) is 8.68. The van der Waals surface area contributed by atoms with Crippen molar-refractivity contribution in [3.05, 3.63) is 75.9 Å². The van der Waals surface area contributed by atoms with E-state index in [9.17, 15) is 0 Å². The zero-order chi connectivity index (χ0) is 19.2. The highest BCUT2D eigenvalue weighted by Gasteiger charge is 2.75. The second kappa shape index (κ2) is 5.48. The Balaban J connectivity index is 4.35. The molecule has 0 radical (unpaired) electrons. The molecule has 1 saturated carbocycles. The monoisotopic (exact) mass is 324 g/mol. The van der Waals surface area contributed by atoms with Gasteiger partial charge in [-0.3, -0.25) is 0 Å². The number of hydrogen-bond acceptors (Lipinski definition) is 0. The van der Waals surface area contributed by atoms with Gasteiger partial charge in [-0.2, -0.15) is 0 Å². The highest BCUT2D eigenvalue weighted by molar-refractivity contribution is 5.45. The van der Waals surface area contributed by atoms with Crippen LogP contribution in [0.5, 0.6) is 0 Å². The Bertz CT molecular complexity index is 524. The molecule has 1 rings (SSSR count). The van der Waals surface area contributed by atoms with Gasteiger partial charge in [-0.1, -0.05) is 78.0 Å². The standard InChI is InChI=1S/C24H36/c1-13-22(14-2)20(9,10)19(7,8)21(11,12)23(15-3,16-4)24(22,17-5)18-6/h13-18H,1-6H2,7-12H3. The fraction of sp³-hybridized carbons (Fsp3) is 0.500. The number of rotatable bonds is 6. The minimum Gasteiger partial charge on any atom is -0.102 e. The van der Waals surface area contributed by atoms with E-state index in [0.717, 1.165) is 0 Å². The van der Waals surface area contributed by atoms with E-state index in [-0.39, 0.29) is 16.2 Å². The fourth-order valence-corrected chi connectivity index (χ4v) is 5.81. The molecule has 0 atom stereocenters. The minimum atomic E-state index is -0.532. The third-order valence-corrected chi connectivity index (χ3v) is 8.49. The number of hydrogen-bond donors (Lipinski definition) is 0. The SMILES string of the molecule is C=CC1(C=C)C(C)(C)C(C)(C)C(C)(C)C(C=C)(C=C)C1(C=C)C=C. The van der Waals surface area contributed by atoms with Gasteiger partial charge in [0, 0.05) is 16.2 Å². The lowest BCUT2D eigenvalue weighted by Crippen LogP contribution is -2.72. The van der Waals surface area contributed by atoms with Crippen molar-refractivity contribution in [1.82, 2.24) is 0 Å². The smallest absolute Gasteiger partial charge is 0.0318 e. The van der Waals surface area contributed by atoms with Crippen LogP contribution in [-0.2, 0) is 0 Å². The summed E-state index contributed by atoms with van der Waals surface area (Å²) in [5, 5.41) is 0. The predicted octanol–water partition coefficient (Wildman–Crippen LogP) is 7.15. The third kappa shape index (κ3) is 1.56. The molecule has 0 spiro atoms. The quantitative estimate of drug-likeness (QED) is 0.455. The summed E-state index contributed by atoms with van der Waals surface area (Å²) in [6.07, 6.45) is 12.1. The average molecular weight is 325 g/mol. The van der Waals surface area contributed by atoms with Crippen LogP contribution < -0.4 is 0 Å². The molecule has 0 heterocycles. The molecular formula is C24H36. The average Bonchev–Trinajstić information content (AvgIpc) is 2.54. The van der Waals surface area contributed by atoms with Crippen molar-refractivity contribution in [3.63, 3.8) is 0 Å². The Labute approximate surface area is 150 Å². The summed E-state index contributed by atoms with van der Waals surface area (Å²) in [6, 6.07) is 0. The van der Waals surface area contributed by atoms with Crippen molar-refractivity contribution in [2.45, 2.75) is 41.5 Å². The molecule has 1 fully saturated rings. The van der Waals surface area contributed by atoms with Crippen LogP contribution in [0, 0.1) is 32.5 Å². The number of allylic oxidation sites excluding steroid dienone is 6. The van der Waals surface area contributed by atoms with Crippen molar-refractivity contribution < 1.29 is 0 Å². The second-order valence-corrected chi connectivity index (χ2v) is 8.71. The van der Waals surface area contributed by atoms with E-state index in [0.29, 0.717) is 0 Å². The molecule has 0 aromatic heterocycles. The minimum absolute atomic E-state index is 0.0831. The van der Waals surface area contributed by atoms with Gasteiger partial charge in [-0.15, -0.1) is 39.5 Å². The molecule has 132 valence electrons. The van der Waals surface area contributed by atoms with Crippen LogP contribution in [0.4, 0.5) is 0 Å². The normalized spacial score (nSPS) is 27.2. The van der Waals surface area contributed by atoms with Gasteiger partial charge in [0.25, 0.3) is 0 Å². The molecule has 0 N–H and O–H groups in total. The summed E-state index contributed by atoms with van der Waals surface area (Å²) >= 11 is 0. The van der Waals surface area contributed by atoms with E-state index in [2.05, 4.69) is 81.0 Å². The molecule has 0 unspecified atom stereocenters. The molecule has 0 heteroatoms. The van der Waals surface area contributed by atoms with Gasteiger partial charge in [0.1, 0.15) is 0 Å². The topological polar surface area (TPSA) is 0 Å². The van der Waals surface area contributed by atoms with Crippen LogP contribution in [0.25, 0.3) is 0 Å². The summed E-state index contributed by atoms with van der Waals surface area (Å²) < 4.78 is 0. The van der Waals surface area contributed by atoms with Gasteiger partial charge in [-0.05, 0) is 16.2 Å². The van der Waals surface area contributed by atoms with Crippen LogP contribution in [0.2, 0.25) is 0 Å². The van der Waals surface area contributed by atoms with Crippen molar-refractivity contribution in [1.29, 1.82) is 0 Å². The van der Waals surface area contributed by atoms with Crippen LogP contribution in [0.1, 0.15) is 41.5 Å². The molecule has 0 bridgehead atoms. The maximum absolute atomic E-state index is 4.23. The molecule has 1 aliphatic carbocycles. The van der Waals surface area contributed by atoms with E-state index in [1.807, 2.05) is 36.5 Å². The molecule has 0 amide bonds. The Morgan fingerprint density at radius 2 is 0.583 bits per heavy atom. The van der Waals surface area contributed by atoms with E-state index >= 15 is 0 Å². The summed E-state index contributed by atoms with van der Waals surface area (Å²) in [4.78, 5) is 0.